The molecule has 0 aliphatic carbocycles. The second-order valence-electron chi connectivity index (χ2n) is 24.6. The van der Waals surface area contributed by atoms with Crippen LogP contribution < -0.4 is 0 Å². The summed E-state index contributed by atoms with van der Waals surface area (Å²) in [5.74, 6) is 0. The number of hydrogen-bond donors (Lipinski definition) is 0. The lowest BCUT2D eigenvalue weighted by atomic mass is 9.96. The maximum absolute atomic E-state index is 6.47. The van der Waals surface area contributed by atoms with Gasteiger partial charge in [-0.2, -0.15) is 0 Å². The van der Waals surface area contributed by atoms with Crippen molar-refractivity contribution in [2.75, 3.05) is 66.6 Å². The summed E-state index contributed by atoms with van der Waals surface area (Å²) < 4.78 is 58.2. The zero-order valence-corrected chi connectivity index (χ0v) is 63.8. The van der Waals surface area contributed by atoms with Gasteiger partial charge in [0.1, 0.15) is 18.3 Å². The Kier molecular flexibility index (Phi) is 81.2. The maximum atomic E-state index is 6.47. The number of rotatable bonds is 51. The van der Waals surface area contributed by atoms with Crippen molar-refractivity contribution in [3.8, 4) is 0 Å². The van der Waals surface area contributed by atoms with Gasteiger partial charge in [-0.3, -0.25) is 0 Å². The van der Waals surface area contributed by atoms with Gasteiger partial charge in [-0.05, 0) is 68.1 Å². The molecule has 93 heavy (non-hydrogen) atoms. The molecular formula is C83H154O10. The molecule has 0 bridgehead atoms. The monoisotopic (exact) mass is 1310 g/mol. The SMILES string of the molecule is CCCCCC.CCCCCCCC.CCCCCCCCCCCC.CCCCOCCC.CCCCOCCOCCC.CCCCOC[C@@H](CC)OCc1ccccc1.CCCCO[C@@H]1[C@@H](OC)O[C@H](CC)[C@@H](OCc2ccccc2)[C@@H]1OCc1ccccc1. The quantitative estimate of drug-likeness (QED) is 0.0509. The topological polar surface area (TPSA) is 92.3 Å². The van der Waals surface area contributed by atoms with Gasteiger partial charge >= 0.3 is 0 Å². The summed E-state index contributed by atoms with van der Waals surface area (Å²) in [5, 5.41) is 0. The van der Waals surface area contributed by atoms with Crippen LogP contribution in [0.25, 0.3) is 0 Å². The van der Waals surface area contributed by atoms with Crippen molar-refractivity contribution in [3.05, 3.63) is 108 Å². The number of unbranched alkanes of at least 4 members (excludes halogenated alkanes) is 21. The predicted octanol–water partition coefficient (Wildman–Crippen LogP) is 24.2. The van der Waals surface area contributed by atoms with E-state index in [1.807, 2.05) is 54.6 Å². The molecule has 0 amide bonds. The minimum atomic E-state index is -0.487. The van der Waals surface area contributed by atoms with Crippen LogP contribution in [0.2, 0.25) is 0 Å². The molecule has 10 nitrogen and oxygen atoms in total. The first-order chi connectivity index (χ1) is 45.7. The highest BCUT2D eigenvalue weighted by Gasteiger charge is 2.48. The van der Waals surface area contributed by atoms with Gasteiger partial charge in [0.25, 0.3) is 0 Å². The first-order valence-electron chi connectivity index (χ1n) is 38.8. The molecule has 0 spiro atoms. The summed E-state index contributed by atoms with van der Waals surface area (Å²) >= 11 is 0. The molecule has 4 rings (SSSR count). The Labute approximate surface area is 577 Å². The standard InChI is InChI=1S/C26H36O5.C15H24O2.C12H26.C9H20O2.C8H18.C7H16O.C6H14/c1-4-6-17-28-25-24(30-19-21-15-11-8-12-16-21)23(22(5-2)31-26(25)27-3)29-18-20-13-9-7-10-14-20;1-3-5-11-16-13-15(4-2)17-12-14-9-7-6-8-10-14;1-3-5-7-9-11-12-10-8-6-4-2;1-3-5-7-11-9-8-10-6-4-2;2*1-3-5-7-8-6-4-2;1-3-5-6-4-2/h7-16,22-26H,4-6,17-19H2,1-3H3;6-10,15H,3-5,11-13H2,1-2H3;3-12H2,1-2H3;3-9H2,1-2H3;3-8H2,1-2H3;3-7H2,1-2H3;3-6H2,1-2H3/t22-,23-,24+,25+,26+;15-;;;;;/m11...../s1. The first kappa shape index (κ1) is 94.4. The lowest BCUT2D eigenvalue weighted by Crippen LogP contribution is -2.60. The third-order valence-electron chi connectivity index (χ3n) is 15.6. The van der Waals surface area contributed by atoms with E-state index in [-0.39, 0.29) is 30.5 Å². The van der Waals surface area contributed by atoms with Crippen molar-refractivity contribution in [3.63, 3.8) is 0 Å². The van der Waals surface area contributed by atoms with E-state index in [1.165, 1.54) is 160 Å². The van der Waals surface area contributed by atoms with Crippen molar-refractivity contribution in [1.29, 1.82) is 0 Å². The molecule has 1 aliphatic heterocycles. The second kappa shape index (κ2) is 79.9. The van der Waals surface area contributed by atoms with E-state index in [0.29, 0.717) is 33.0 Å². The van der Waals surface area contributed by atoms with Crippen molar-refractivity contribution in [2.24, 2.45) is 0 Å². The van der Waals surface area contributed by atoms with Crippen LogP contribution in [0.5, 0.6) is 0 Å². The fourth-order valence-electron chi connectivity index (χ4n) is 9.51. The molecule has 10 heteroatoms. The Morgan fingerprint density at radius 3 is 1.01 bits per heavy atom. The van der Waals surface area contributed by atoms with Crippen LogP contribution in [0.3, 0.4) is 0 Å². The molecule has 1 saturated heterocycles. The van der Waals surface area contributed by atoms with Gasteiger partial charge < -0.3 is 47.4 Å². The average molecular weight is 1310 g/mol. The minimum Gasteiger partial charge on any atom is -0.381 e. The maximum Gasteiger partial charge on any atom is 0.186 e. The summed E-state index contributed by atoms with van der Waals surface area (Å²) in [5.41, 5.74) is 3.46. The van der Waals surface area contributed by atoms with Gasteiger partial charge in [-0.1, -0.05) is 342 Å². The van der Waals surface area contributed by atoms with E-state index in [0.717, 1.165) is 109 Å². The zero-order chi connectivity index (χ0) is 69.0. The number of ether oxygens (including phenoxy) is 10. The molecule has 546 valence electrons. The van der Waals surface area contributed by atoms with Gasteiger partial charge in [-0.25, -0.2) is 0 Å². The van der Waals surface area contributed by atoms with E-state index < -0.39 is 6.29 Å². The molecule has 0 unspecified atom stereocenters. The van der Waals surface area contributed by atoms with Crippen LogP contribution in [0.15, 0.2) is 91.0 Å². The van der Waals surface area contributed by atoms with Gasteiger partial charge in [0.05, 0.1) is 51.8 Å². The molecule has 1 heterocycles. The average Bonchev–Trinajstić information content (AvgIpc) is 0.822. The van der Waals surface area contributed by atoms with E-state index in [9.17, 15) is 0 Å². The Bertz CT molecular complexity index is 1710. The Morgan fingerprint density at radius 2 is 0.645 bits per heavy atom. The Morgan fingerprint density at radius 1 is 0.312 bits per heavy atom. The summed E-state index contributed by atoms with van der Waals surface area (Å²) in [7, 11) is 1.66. The van der Waals surface area contributed by atoms with E-state index in [4.69, 9.17) is 47.4 Å². The molecule has 0 radical (unpaired) electrons. The van der Waals surface area contributed by atoms with E-state index in [1.54, 1.807) is 7.11 Å². The summed E-state index contributed by atoms with van der Waals surface area (Å²) in [6.07, 6.45) is 40.3. The smallest absolute Gasteiger partial charge is 0.186 e. The molecule has 0 saturated carbocycles. The van der Waals surface area contributed by atoms with Gasteiger partial charge in [0.15, 0.2) is 6.29 Å². The molecule has 0 N–H and O–H groups in total. The largest absolute Gasteiger partial charge is 0.381 e. The summed E-state index contributed by atoms with van der Waals surface area (Å²) in [6.45, 7) is 39.6. The fourth-order valence-corrected chi connectivity index (χ4v) is 9.51. The van der Waals surface area contributed by atoms with Crippen molar-refractivity contribution in [2.45, 2.75) is 359 Å². The zero-order valence-electron chi connectivity index (χ0n) is 63.8. The van der Waals surface area contributed by atoms with Crippen LogP contribution in [0, 0.1) is 0 Å². The lowest BCUT2D eigenvalue weighted by molar-refractivity contribution is -0.316. The van der Waals surface area contributed by atoms with Crippen molar-refractivity contribution >= 4 is 0 Å². The van der Waals surface area contributed by atoms with Crippen molar-refractivity contribution in [1.82, 2.24) is 0 Å². The Hall–Kier alpha value is -2.74. The first-order valence-corrected chi connectivity index (χ1v) is 38.8. The third-order valence-corrected chi connectivity index (χ3v) is 15.6. The van der Waals surface area contributed by atoms with Crippen molar-refractivity contribution < 1.29 is 47.4 Å². The van der Waals surface area contributed by atoms with Gasteiger partial charge in [0.2, 0.25) is 0 Å². The highest BCUT2D eigenvalue weighted by molar-refractivity contribution is 5.15. The third kappa shape index (κ3) is 63.7. The molecule has 1 fully saturated rings. The van der Waals surface area contributed by atoms with Crippen LogP contribution >= 0.6 is 0 Å². The molecule has 3 aromatic carbocycles. The summed E-state index contributed by atoms with van der Waals surface area (Å²) in [4.78, 5) is 0. The minimum absolute atomic E-state index is 0.138. The van der Waals surface area contributed by atoms with E-state index in [2.05, 4.69) is 133 Å². The highest BCUT2D eigenvalue weighted by atomic mass is 16.7. The fraction of sp³-hybridized carbons (Fsp3) is 0.783. The van der Waals surface area contributed by atoms with Crippen LogP contribution in [-0.2, 0) is 67.2 Å². The highest BCUT2D eigenvalue weighted by Crippen LogP contribution is 2.32. The molecule has 1 aliphatic rings. The molecule has 0 aromatic heterocycles. The van der Waals surface area contributed by atoms with Gasteiger partial charge in [0, 0.05) is 46.8 Å². The number of benzene rings is 3. The van der Waals surface area contributed by atoms with Crippen LogP contribution in [0.1, 0.15) is 319 Å². The number of methoxy groups -OCH3 is 1. The predicted molar refractivity (Wildman–Crippen MR) is 401 cm³/mol. The lowest BCUT2D eigenvalue weighted by Gasteiger charge is -2.45. The van der Waals surface area contributed by atoms with E-state index >= 15 is 0 Å². The normalized spacial score (nSPS) is 15.8. The summed E-state index contributed by atoms with van der Waals surface area (Å²) in [6, 6.07) is 30.6. The Balaban J connectivity index is -0.00000111. The molecule has 6 atom stereocenters. The van der Waals surface area contributed by atoms with Crippen LogP contribution in [-0.4, -0.2) is 103 Å². The molecular weight excluding hydrogens is 1160 g/mol. The number of hydrogen-bond acceptors (Lipinski definition) is 10. The van der Waals surface area contributed by atoms with Crippen LogP contribution in [0.4, 0.5) is 0 Å². The van der Waals surface area contributed by atoms with Gasteiger partial charge in [-0.15, -0.1) is 0 Å². The molecule has 3 aromatic rings. The second-order valence-corrected chi connectivity index (χ2v) is 24.6.